The van der Waals surface area contributed by atoms with Crippen LogP contribution < -0.4 is 15.4 Å². The van der Waals surface area contributed by atoms with E-state index in [-0.39, 0.29) is 30.5 Å². The number of ether oxygens (including phenoxy) is 1. The second-order valence-electron chi connectivity index (χ2n) is 6.58. The Labute approximate surface area is 174 Å². The van der Waals surface area contributed by atoms with Gasteiger partial charge in [-0.25, -0.2) is 0 Å². The van der Waals surface area contributed by atoms with Crippen LogP contribution in [-0.2, 0) is 13.1 Å². The molecule has 3 rings (SSSR count). The van der Waals surface area contributed by atoms with Crippen LogP contribution in [-0.4, -0.2) is 38.9 Å². The molecule has 1 aromatic carbocycles. The minimum atomic E-state index is -0.380. The molecule has 0 aliphatic heterocycles. The first-order valence-corrected chi connectivity index (χ1v) is 9.25. The number of hydrogen-bond donors (Lipinski definition) is 2. The van der Waals surface area contributed by atoms with Gasteiger partial charge in [-0.15, -0.1) is 0 Å². The topological polar surface area (TPSA) is 119 Å². The van der Waals surface area contributed by atoms with Crippen molar-refractivity contribution in [1.29, 1.82) is 0 Å². The number of nitrogens with zero attached hydrogens (tertiary/aromatic N) is 4. The van der Waals surface area contributed by atoms with E-state index in [9.17, 15) is 9.59 Å². The smallest absolute Gasteiger partial charge is 0.255 e. The van der Waals surface area contributed by atoms with Gasteiger partial charge in [-0.3, -0.25) is 29.5 Å². The maximum Gasteiger partial charge on any atom is 0.255 e. The highest BCUT2D eigenvalue weighted by Gasteiger charge is 2.16. The van der Waals surface area contributed by atoms with Gasteiger partial charge in [-0.05, 0) is 32.0 Å². The summed E-state index contributed by atoms with van der Waals surface area (Å²) in [6.07, 6.45) is 6.46. The predicted molar refractivity (Wildman–Crippen MR) is 109 cm³/mol. The van der Waals surface area contributed by atoms with E-state index in [0.29, 0.717) is 22.7 Å². The Kier molecular flexibility index (Phi) is 6.63. The highest BCUT2D eigenvalue weighted by atomic mass is 16.5. The number of rotatable bonds is 7. The molecule has 0 saturated carbocycles. The van der Waals surface area contributed by atoms with Crippen LogP contribution in [0.3, 0.4) is 0 Å². The number of methoxy groups -OCH3 is 1. The van der Waals surface area contributed by atoms with Crippen molar-refractivity contribution >= 4 is 11.8 Å². The lowest BCUT2D eigenvalue weighted by molar-refractivity contribution is 0.0947. The van der Waals surface area contributed by atoms with Crippen molar-refractivity contribution in [2.24, 2.45) is 0 Å². The summed E-state index contributed by atoms with van der Waals surface area (Å²) in [5.41, 5.74) is 3.39. The number of nitrogens with one attached hydrogen (secondary N) is 2. The van der Waals surface area contributed by atoms with Crippen molar-refractivity contribution in [3.63, 3.8) is 0 Å². The fourth-order valence-corrected chi connectivity index (χ4v) is 2.77. The average Bonchev–Trinajstić information content (AvgIpc) is 2.75. The molecule has 3 aromatic rings. The summed E-state index contributed by atoms with van der Waals surface area (Å²) < 4.78 is 5.28. The van der Waals surface area contributed by atoms with Crippen molar-refractivity contribution in [3.05, 3.63) is 76.9 Å². The average molecular weight is 406 g/mol. The third kappa shape index (κ3) is 5.34. The molecular weight excluding hydrogens is 384 g/mol. The Bertz CT molecular complexity index is 1070. The fraction of sp³-hybridized carbons (Fsp3) is 0.238. The minimum Gasteiger partial charge on any atom is -0.496 e. The molecule has 30 heavy (non-hydrogen) atoms. The Morgan fingerprint density at radius 3 is 1.97 bits per heavy atom. The van der Waals surface area contributed by atoms with Crippen molar-refractivity contribution in [3.8, 4) is 5.75 Å². The maximum absolute atomic E-state index is 12.7. The number of amides is 2. The molecule has 0 atom stereocenters. The molecule has 2 N–H and O–H groups in total. The van der Waals surface area contributed by atoms with Crippen LogP contribution >= 0.6 is 0 Å². The van der Waals surface area contributed by atoms with Crippen LogP contribution in [0.15, 0.2) is 43.0 Å². The summed E-state index contributed by atoms with van der Waals surface area (Å²) in [5, 5.41) is 5.55. The maximum atomic E-state index is 12.7. The molecule has 2 amide bonds. The van der Waals surface area contributed by atoms with Crippen molar-refractivity contribution < 1.29 is 14.3 Å². The van der Waals surface area contributed by atoms with E-state index < -0.39 is 0 Å². The standard InChI is InChI=1S/C21H22N6O3/c1-13-7-22-9-16(26-13)11-24-20(28)15-4-5-19(30-3)18(6-15)21(29)25-12-17-10-23-8-14(2)27-17/h4-10H,11-12H2,1-3H3,(H,24,28)(H,25,29). The van der Waals surface area contributed by atoms with E-state index in [4.69, 9.17) is 4.74 Å². The molecule has 0 fully saturated rings. The van der Waals surface area contributed by atoms with Gasteiger partial charge < -0.3 is 15.4 Å². The van der Waals surface area contributed by atoms with Gasteiger partial charge in [-0.2, -0.15) is 0 Å². The lowest BCUT2D eigenvalue weighted by Gasteiger charge is -2.11. The molecule has 0 unspecified atom stereocenters. The van der Waals surface area contributed by atoms with E-state index in [0.717, 1.165) is 11.4 Å². The second-order valence-corrected chi connectivity index (χ2v) is 6.58. The minimum absolute atomic E-state index is 0.207. The Morgan fingerprint density at radius 1 is 0.867 bits per heavy atom. The molecule has 154 valence electrons. The van der Waals surface area contributed by atoms with Crippen molar-refractivity contribution in [2.45, 2.75) is 26.9 Å². The summed E-state index contributed by atoms with van der Waals surface area (Å²) >= 11 is 0. The van der Waals surface area contributed by atoms with E-state index in [2.05, 4.69) is 30.6 Å². The zero-order chi connectivity index (χ0) is 21.5. The Hall–Kier alpha value is -3.88. The van der Waals surface area contributed by atoms with Gasteiger partial charge in [0.25, 0.3) is 11.8 Å². The van der Waals surface area contributed by atoms with E-state index in [1.165, 1.54) is 13.2 Å². The molecule has 9 heteroatoms. The summed E-state index contributed by atoms with van der Waals surface area (Å²) in [6.45, 7) is 4.09. The number of aryl methyl sites for hydroxylation is 2. The van der Waals surface area contributed by atoms with Gasteiger partial charge in [-0.1, -0.05) is 0 Å². The van der Waals surface area contributed by atoms with Crippen LogP contribution in [0.5, 0.6) is 5.75 Å². The van der Waals surface area contributed by atoms with Gasteiger partial charge in [0.15, 0.2) is 0 Å². The predicted octanol–water partition coefficient (Wildman–Crippen LogP) is 1.75. The van der Waals surface area contributed by atoms with Crippen molar-refractivity contribution in [2.75, 3.05) is 7.11 Å². The van der Waals surface area contributed by atoms with E-state index in [1.54, 1.807) is 36.9 Å². The highest BCUT2D eigenvalue weighted by molar-refractivity contribution is 6.01. The number of aromatic nitrogens is 4. The summed E-state index contributed by atoms with van der Waals surface area (Å²) in [6, 6.07) is 4.68. The van der Waals surface area contributed by atoms with Crippen molar-refractivity contribution in [1.82, 2.24) is 30.6 Å². The summed E-state index contributed by atoms with van der Waals surface area (Å²) in [7, 11) is 1.47. The third-order valence-electron chi connectivity index (χ3n) is 4.18. The summed E-state index contributed by atoms with van der Waals surface area (Å²) in [4.78, 5) is 41.9. The quantitative estimate of drug-likeness (QED) is 0.613. The first-order chi connectivity index (χ1) is 14.5. The second kappa shape index (κ2) is 9.55. The molecule has 0 bridgehead atoms. The van der Waals surface area contributed by atoms with Gasteiger partial charge in [0.2, 0.25) is 0 Å². The molecular formula is C21H22N6O3. The zero-order valence-electron chi connectivity index (χ0n) is 17.0. The lowest BCUT2D eigenvalue weighted by atomic mass is 10.1. The lowest BCUT2D eigenvalue weighted by Crippen LogP contribution is -2.26. The fourth-order valence-electron chi connectivity index (χ4n) is 2.77. The number of carbonyl (C=O) groups excluding carboxylic acids is 2. The molecule has 0 radical (unpaired) electrons. The third-order valence-corrected chi connectivity index (χ3v) is 4.18. The molecule has 9 nitrogen and oxygen atoms in total. The van der Waals surface area contributed by atoms with E-state index in [1.807, 2.05) is 13.8 Å². The van der Waals surface area contributed by atoms with Crippen LogP contribution in [0.2, 0.25) is 0 Å². The van der Waals surface area contributed by atoms with Gasteiger partial charge in [0.1, 0.15) is 5.75 Å². The molecule has 2 aromatic heterocycles. The molecule has 0 aliphatic carbocycles. The zero-order valence-corrected chi connectivity index (χ0v) is 17.0. The Morgan fingerprint density at radius 2 is 1.43 bits per heavy atom. The molecule has 0 aliphatic rings. The Balaban J connectivity index is 1.70. The molecule has 2 heterocycles. The number of benzene rings is 1. The van der Waals surface area contributed by atoms with Crippen LogP contribution in [0.25, 0.3) is 0 Å². The van der Waals surface area contributed by atoms with Gasteiger partial charge in [0, 0.05) is 18.0 Å². The monoisotopic (exact) mass is 406 g/mol. The van der Waals surface area contributed by atoms with Crippen LogP contribution in [0, 0.1) is 13.8 Å². The largest absolute Gasteiger partial charge is 0.496 e. The van der Waals surface area contributed by atoms with Crippen LogP contribution in [0.4, 0.5) is 0 Å². The van der Waals surface area contributed by atoms with Gasteiger partial charge >= 0.3 is 0 Å². The molecule has 0 spiro atoms. The normalized spacial score (nSPS) is 10.4. The van der Waals surface area contributed by atoms with Crippen LogP contribution in [0.1, 0.15) is 43.5 Å². The van der Waals surface area contributed by atoms with E-state index >= 15 is 0 Å². The number of hydrogen-bond acceptors (Lipinski definition) is 7. The van der Waals surface area contributed by atoms with Gasteiger partial charge in [0.05, 0.1) is 60.9 Å². The first kappa shape index (κ1) is 20.8. The molecule has 0 saturated heterocycles. The number of carbonyl (C=O) groups is 2. The SMILES string of the molecule is COc1ccc(C(=O)NCc2cncc(C)n2)cc1C(=O)NCc1cncc(C)n1. The summed E-state index contributed by atoms with van der Waals surface area (Å²) in [5.74, 6) is -0.349. The first-order valence-electron chi connectivity index (χ1n) is 9.25. The highest BCUT2D eigenvalue weighted by Crippen LogP contribution is 2.20.